The van der Waals surface area contributed by atoms with E-state index in [-0.39, 0.29) is 11.7 Å². The average molecular weight is 340 g/mol. The van der Waals surface area contributed by atoms with Crippen LogP contribution in [0.1, 0.15) is 66.4 Å². The van der Waals surface area contributed by atoms with Crippen molar-refractivity contribution in [3.63, 3.8) is 0 Å². The number of carbonyl (C=O) groups excluding carboxylic acids is 2. The number of nitrogens with one attached hydrogen (secondary N) is 1. The van der Waals surface area contributed by atoms with Crippen LogP contribution in [0.4, 0.5) is 0 Å². The van der Waals surface area contributed by atoms with Gasteiger partial charge in [0.2, 0.25) is 5.91 Å². The van der Waals surface area contributed by atoms with Crippen LogP contribution in [0.15, 0.2) is 18.2 Å². The van der Waals surface area contributed by atoms with E-state index in [2.05, 4.69) is 22.3 Å². The molecule has 4 heteroatoms. The van der Waals surface area contributed by atoms with Gasteiger partial charge in [-0.3, -0.25) is 9.59 Å². The molecule has 2 aliphatic heterocycles. The Morgan fingerprint density at radius 1 is 1.00 bits per heavy atom. The molecule has 2 unspecified atom stereocenters. The molecule has 4 rings (SSSR count). The zero-order valence-electron chi connectivity index (χ0n) is 14.9. The molecular weight excluding hydrogens is 312 g/mol. The second-order valence-electron chi connectivity index (χ2n) is 7.79. The quantitative estimate of drug-likeness (QED) is 0.858. The van der Waals surface area contributed by atoms with E-state index in [0.29, 0.717) is 24.9 Å². The van der Waals surface area contributed by atoms with Crippen molar-refractivity contribution in [1.29, 1.82) is 0 Å². The number of rotatable bonds is 4. The summed E-state index contributed by atoms with van der Waals surface area (Å²) in [5.41, 5.74) is 3.52. The van der Waals surface area contributed by atoms with Crippen LogP contribution in [0.5, 0.6) is 0 Å². The van der Waals surface area contributed by atoms with Crippen LogP contribution in [0.3, 0.4) is 0 Å². The molecule has 0 radical (unpaired) electrons. The molecule has 2 fully saturated rings. The van der Waals surface area contributed by atoms with Crippen molar-refractivity contribution in [2.45, 2.75) is 69.9 Å². The Balaban J connectivity index is 1.37. The van der Waals surface area contributed by atoms with Crippen molar-refractivity contribution in [2.24, 2.45) is 0 Å². The maximum absolute atomic E-state index is 12.7. The topological polar surface area (TPSA) is 49.4 Å². The van der Waals surface area contributed by atoms with Gasteiger partial charge in [-0.2, -0.15) is 0 Å². The summed E-state index contributed by atoms with van der Waals surface area (Å²) < 4.78 is 0. The summed E-state index contributed by atoms with van der Waals surface area (Å²) in [5.74, 6) is 0.282. The zero-order valence-corrected chi connectivity index (χ0v) is 14.9. The van der Waals surface area contributed by atoms with E-state index in [1.165, 1.54) is 24.0 Å². The zero-order chi connectivity index (χ0) is 17.2. The smallest absolute Gasteiger partial charge is 0.223 e. The number of amides is 1. The van der Waals surface area contributed by atoms with Crippen LogP contribution in [-0.4, -0.2) is 41.8 Å². The minimum atomic E-state index is 0.113. The molecule has 0 saturated carbocycles. The highest BCUT2D eigenvalue weighted by molar-refractivity contribution is 5.98. The highest BCUT2D eigenvalue weighted by atomic mass is 16.2. The summed E-state index contributed by atoms with van der Waals surface area (Å²) in [7, 11) is 0. The van der Waals surface area contributed by atoms with Crippen LogP contribution in [-0.2, 0) is 17.6 Å². The number of Topliss-reactive ketones (excluding diaryl/α,β-unsaturated/α-hetero) is 1. The highest BCUT2D eigenvalue weighted by Crippen LogP contribution is 2.29. The predicted molar refractivity (Wildman–Crippen MR) is 97.8 cm³/mol. The van der Waals surface area contributed by atoms with E-state index in [9.17, 15) is 9.59 Å². The number of aryl methyl sites for hydroxylation is 2. The predicted octanol–water partition coefficient (Wildman–Crippen LogP) is 2.88. The van der Waals surface area contributed by atoms with Gasteiger partial charge in [0.05, 0.1) is 0 Å². The van der Waals surface area contributed by atoms with Crippen molar-refractivity contribution in [3.8, 4) is 0 Å². The van der Waals surface area contributed by atoms with Gasteiger partial charge in [0, 0.05) is 37.0 Å². The highest BCUT2D eigenvalue weighted by Gasteiger charge is 2.37. The Kier molecular flexibility index (Phi) is 4.89. The van der Waals surface area contributed by atoms with Crippen molar-refractivity contribution in [3.05, 3.63) is 34.9 Å². The second kappa shape index (κ2) is 7.28. The SMILES string of the molecule is O=C(CCC(=O)N1C2CCNCC1CC2)c1ccc2c(c1)CCCC2. The Hall–Kier alpha value is -1.68. The molecule has 2 atom stereocenters. The average Bonchev–Trinajstić information content (AvgIpc) is 2.91. The molecule has 1 N–H and O–H groups in total. The summed E-state index contributed by atoms with van der Waals surface area (Å²) in [6.07, 6.45) is 8.63. The fourth-order valence-corrected chi connectivity index (χ4v) is 4.79. The van der Waals surface area contributed by atoms with Gasteiger partial charge >= 0.3 is 0 Å². The van der Waals surface area contributed by atoms with Crippen molar-refractivity contribution in [1.82, 2.24) is 10.2 Å². The third kappa shape index (κ3) is 3.50. The maximum Gasteiger partial charge on any atom is 0.223 e. The van der Waals surface area contributed by atoms with Gasteiger partial charge in [-0.05, 0) is 68.7 Å². The van der Waals surface area contributed by atoms with Crippen LogP contribution in [0.25, 0.3) is 0 Å². The number of ketones is 1. The first-order valence-corrected chi connectivity index (χ1v) is 9.89. The number of nitrogens with zero attached hydrogens (tertiary/aromatic N) is 1. The van der Waals surface area contributed by atoms with Gasteiger partial charge in [0.25, 0.3) is 0 Å². The monoisotopic (exact) mass is 340 g/mol. The van der Waals surface area contributed by atoms with Gasteiger partial charge in [-0.25, -0.2) is 0 Å². The molecule has 1 amide bonds. The van der Waals surface area contributed by atoms with Gasteiger partial charge in [-0.1, -0.05) is 12.1 Å². The van der Waals surface area contributed by atoms with E-state index in [4.69, 9.17) is 0 Å². The summed E-state index contributed by atoms with van der Waals surface area (Å²) >= 11 is 0. The second-order valence-corrected chi connectivity index (χ2v) is 7.79. The first-order valence-electron chi connectivity index (χ1n) is 9.89. The van der Waals surface area contributed by atoms with E-state index in [0.717, 1.165) is 50.8 Å². The maximum atomic E-state index is 12.7. The molecule has 2 heterocycles. The van der Waals surface area contributed by atoms with Crippen molar-refractivity contribution < 1.29 is 9.59 Å². The number of benzene rings is 1. The lowest BCUT2D eigenvalue weighted by Gasteiger charge is -2.28. The van der Waals surface area contributed by atoms with Gasteiger partial charge in [0.15, 0.2) is 5.78 Å². The van der Waals surface area contributed by atoms with Gasteiger partial charge in [0.1, 0.15) is 0 Å². The lowest BCUT2D eigenvalue weighted by atomic mass is 9.89. The molecule has 0 spiro atoms. The first-order chi connectivity index (χ1) is 12.2. The van der Waals surface area contributed by atoms with E-state index >= 15 is 0 Å². The molecule has 134 valence electrons. The third-order valence-electron chi connectivity index (χ3n) is 6.18. The lowest BCUT2D eigenvalue weighted by Crippen LogP contribution is -2.42. The summed E-state index contributed by atoms with van der Waals surface area (Å²) in [6, 6.07) is 6.85. The molecule has 0 aromatic heterocycles. The molecule has 4 nitrogen and oxygen atoms in total. The van der Waals surface area contributed by atoms with Crippen LogP contribution in [0, 0.1) is 0 Å². The minimum absolute atomic E-state index is 0.113. The Labute approximate surface area is 150 Å². The normalized spacial score (nSPS) is 25.4. The van der Waals surface area contributed by atoms with Crippen LogP contribution < -0.4 is 5.32 Å². The number of fused-ring (bicyclic) bond motifs is 3. The molecular formula is C21H28N2O2. The molecule has 2 saturated heterocycles. The Morgan fingerprint density at radius 2 is 1.80 bits per heavy atom. The van der Waals surface area contributed by atoms with Crippen molar-refractivity contribution in [2.75, 3.05) is 13.1 Å². The third-order valence-corrected chi connectivity index (χ3v) is 6.18. The molecule has 1 aromatic carbocycles. The fraction of sp³-hybridized carbons (Fsp3) is 0.619. The Bertz CT molecular complexity index is 656. The summed E-state index contributed by atoms with van der Waals surface area (Å²) in [6.45, 7) is 1.90. The summed E-state index contributed by atoms with van der Waals surface area (Å²) in [4.78, 5) is 27.4. The molecule has 3 aliphatic rings. The summed E-state index contributed by atoms with van der Waals surface area (Å²) in [5, 5.41) is 3.42. The van der Waals surface area contributed by atoms with Crippen LogP contribution in [0.2, 0.25) is 0 Å². The molecule has 2 bridgehead atoms. The first kappa shape index (κ1) is 16.8. The lowest BCUT2D eigenvalue weighted by molar-refractivity contribution is -0.133. The van der Waals surface area contributed by atoms with E-state index in [1.54, 1.807) is 0 Å². The Morgan fingerprint density at radius 3 is 2.68 bits per heavy atom. The standard InChI is InChI=1S/C21H28N2O2/c24-20(17-6-5-15-3-1-2-4-16(15)13-17)9-10-21(25)23-18-7-8-19(23)14-22-12-11-18/h5-6,13,18-19,22H,1-4,7-12,14H2. The minimum Gasteiger partial charge on any atom is -0.335 e. The fourth-order valence-electron chi connectivity index (χ4n) is 4.79. The van der Waals surface area contributed by atoms with Crippen LogP contribution >= 0.6 is 0 Å². The molecule has 25 heavy (non-hydrogen) atoms. The number of hydrogen-bond donors (Lipinski definition) is 1. The van der Waals surface area contributed by atoms with Gasteiger partial charge in [-0.15, -0.1) is 0 Å². The van der Waals surface area contributed by atoms with Gasteiger partial charge < -0.3 is 10.2 Å². The molecule has 1 aliphatic carbocycles. The molecule has 1 aromatic rings. The van der Waals surface area contributed by atoms with E-state index < -0.39 is 0 Å². The number of hydrogen-bond acceptors (Lipinski definition) is 3. The van der Waals surface area contributed by atoms with E-state index in [1.807, 2.05) is 6.07 Å². The van der Waals surface area contributed by atoms with Crippen molar-refractivity contribution >= 4 is 11.7 Å². The number of carbonyl (C=O) groups is 2. The largest absolute Gasteiger partial charge is 0.335 e.